The smallest absolute Gasteiger partial charge is 0.408 e. The van der Waals surface area contributed by atoms with Crippen LogP contribution in [0.4, 0.5) is 22.4 Å². The molecule has 0 spiro atoms. The number of benzene rings is 1. The number of aromatic nitrogens is 2. The van der Waals surface area contributed by atoms with Crippen LogP contribution >= 0.6 is 0 Å². The van der Waals surface area contributed by atoms with Gasteiger partial charge in [0.15, 0.2) is 5.69 Å². The molecule has 3 heterocycles. The van der Waals surface area contributed by atoms with Gasteiger partial charge in [-0.05, 0) is 76.0 Å². The number of hydrogen-bond acceptors (Lipinski definition) is 11. The lowest BCUT2D eigenvalue weighted by Crippen LogP contribution is -2.61. The topological polar surface area (TPSA) is 195 Å². The minimum Gasteiger partial charge on any atom is -0.497 e. The molecule has 4 amide bonds. The first kappa shape index (κ1) is 43.3. The number of amides is 4. The van der Waals surface area contributed by atoms with E-state index in [0.717, 1.165) is 4.90 Å². The second kappa shape index (κ2) is 14.7. The SMILES string of the molecule is COc1ccc2nc3c(nc2c1)O[C@H]1CN(C(=O)[C@H](C(C)(C)C)NC(=O)O[C@]2(C)C[C@H]2CC/C=C/C3(F)F)[C@H](C(=O)N[C@]2(C(=O)NS(=O)(=O)C3(C)CC3)C[C@H]2C(F)F)[C@@H]1C. The van der Waals surface area contributed by atoms with E-state index in [0.29, 0.717) is 24.7 Å². The Labute approximate surface area is 344 Å². The highest BCUT2D eigenvalue weighted by Crippen LogP contribution is 2.51. The lowest BCUT2D eigenvalue weighted by Gasteiger charge is -2.36. The summed E-state index contributed by atoms with van der Waals surface area (Å²) in [5.74, 6) is -10.4. The van der Waals surface area contributed by atoms with E-state index in [4.69, 9.17) is 14.2 Å². The van der Waals surface area contributed by atoms with Gasteiger partial charge < -0.3 is 29.7 Å². The van der Waals surface area contributed by atoms with Crippen molar-refractivity contribution in [2.45, 2.75) is 126 Å². The highest BCUT2D eigenvalue weighted by molar-refractivity contribution is 7.91. The second-order valence-electron chi connectivity index (χ2n) is 18.3. The Morgan fingerprint density at radius 1 is 1.08 bits per heavy atom. The molecule has 2 bridgehead atoms. The predicted molar refractivity (Wildman–Crippen MR) is 206 cm³/mol. The molecule has 8 atom stereocenters. The Balaban J connectivity index is 1.30. The van der Waals surface area contributed by atoms with Crippen molar-refractivity contribution < 1.29 is 59.4 Å². The Morgan fingerprint density at radius 2 is 1.78 bits per heavy atom. The van der Waals surface area contributed by atoms with Crippen molar-refractivity contribution in [1.29, 1.82) is 0 Å². The summed E-state index contributed by atoms with van der Waals surface area (Å²) in [4.78, 5) is 66.1. The van der Waals surface area contributed by atoms with Crippen molar-refractivity contribution in [2.24, 2.45) is 23.2 Å². The van der Waals surface area contributed by atoms with Crippen molar-refractivity contribution in [3.05, 3.63) is 36.0 Å². The van der Waals surface area contributed by atoms with E-state index >= 15 is 8.78 Å². The lowest BCUT2D eigenvalue weighted by atomic mass is 9.85. The predicted octanol–water partition coefficient (Wildman–Crippen LogP) is 4.73. The van der Waals surface area contributed by atoms with Crippen LogP contribution in [0.1, 0.15) is 85.8 Å². The molecule has 0 unspecified atom stereocenters. The molecule has 1 saturated heterocycles. The number of nitrogens with one attached hydrogen (secondary N) is 3. The standard InChI is InChI=1S/C40H50F4N6O9S/c1-20-26-19-50(27(20)31(51)48-39(18-23(39)30(41)42)34(53)49-60(55,56)37(5)14-15-37)33(52)29(36(2,3)4)47-35(54)59-38(6)17-21(38)10-8-9-13-40(43,44)28-32(58-26)46-25-16-22(57-7)11-12-24(25)45-28/h9,11-13,16,20-21,23,26-27,29-30H,8,10,14-15,17-19H2,1-7H3,(H,47,54)(H,48,51)(H,49,53)/b13-9+/t20-,21-,23+,26+,27+,29-,38-,39-/m1/s1. The molecule has 7 rings (SSSR count). The van der Waals surface area contributed by atoms with Gasteiger partial charge in [0.2, 0.25) is 34.1 Å². The summed E-state index contributed by atoms with van der Waals surface area (Å²) in [6.45, 7) is 9.06. The first-order valence-corrected chi connectivity index (χ1v) is 21.4. The van der Waals surface area contributed by atoms with Gasteiger partial charge in [0.25, 0.3) is 5.91 Å². The van der Waals surface area contributed by atoms with Crippen LogP contribution in [-0.2, 0) is 35.1 Å². The summed E-state index contributed by atoms with van der Waals surface area (Å²) < 4.78 is 105. The number of hydrogen-bond donors (Lipinski definition) is 3. The normalized spacial score (nSPS) is 32.8. The van der Waals surface area contributed by atoms with Crippen molar-refractivity contribution in [3.8, 4) is 11.6 Å². The van der Waals surface area contributed by atoms with Crippen molar-refractivity contribution in [3.63, 3.8) is 0 Å². The maximum atomic E-state index is 16.2. The molecule has 1 aromatic heterocycles. The van der Waals surface area contributed by atoms with Gasteiger partial charge in [0.1, 0.15) is 35.1 Å². The summed E-state index contributed by atoms with van der Waals surface area (Å²) in [6, 6.07) is 1.45. The van der Waals surface area contributed by atoms with Crippen molar-refractivity contribution >= 4 is 44.9 Å². The average Bonchev–Trinajstić information content (AvgIpc) is 4.11. The van der Waals surface area contributed by atoms with Crippen LogP contribution in [-0.4, -0.2) is 101 Å². The molecule has 2 aromatic rings. The first-order chi connectivity index (χ1) is 27.8. The summed E-state index contributed by atoms with van der Waals surface area (Å²) in [5.41, 5.74) is -4.97. The van der Waals surface area contributed by atoms with Crippen molar-refractivity contribution in [1.82, 2.24) is 30.2 Å². The minimum absolute atomic E-state index is 0.0934. The van der Waals surface area contributed by atoms with E-state index in [1.165, 1.54) is 45.2 Å². The third-order valence-electron chi connectivity index (χ3n) is 12.7. The highest BCUT2D eigenvalue weighted by Gasteiger charge is 2.68. The van der Waals surface area contributed by atoms with Crippen LogP contribution in [0.15, 0.2) is 30.4 Å². The van der Waals surface area contributed by atoms with Gasteiger partial charge in [-0.1, -0.05) is 33.8 Å². The Morgan fingerprint density at radius 3 is 2.40 bits per heavy atom. The number of ether oxygens (including phenoxy) is 3. The van der Waals surface area contributed by atoms with E-state index < -0.39 is 122 Å². The van der Waals surface area contributed by atoms with Crippen LogP contribution in [0, 0.1) is 23.2 Å². The van der Waals surface area contributed by atoms with Crippen LogP contribution in [0.25, 0.3) is 11.0 Å². The second-order valence-corrected chi connectivity index (χ2v) is 20.5. The summed E-state index contributed by atoms with van der Waals surface area (Å²) in [7, 11) is -2.91. The number of alkyl carbamates (subject to hydrolysis) is 1. The lowest BCUT2D eigenvalue weighted by molar-refractivity contribution is -0.143. The van der Waals surface area contributed by atoms with E-state index in [9.17, 15) is 36.4 Å². The Bertz CT molecular complexity index is 2250. The monoisotopic (exact) mass is 866 g/mol. The molecule has 0 radical (unpaired) electrons. The number of nitrogens with zero attached hydrogens (tertiary/aromatic N) is 3. The third kappa shape index (κ3) is 7.95. The first-order valence-electron chi connectivity index (χ1n) is 19.9. The molecular weight excluding hydrogens is 817 g/mol. The van der Waals surface area contributed by atoms with E-state index in [1.54, 1.807) is 27.7 Å². The molecule has 60 heavy (non-hydrogen) atoms. The van der Waals surface area contributed by atoms with Gasteiger partial charge in [0.05, 0.1) is 35.4 Å². The van der Waals surface area contributed by atoms with Crippen LogP contribution in [0.2, 0.25) is 0 Å². The molecule has 20 heteroatoms. The largest absolute Gasteiger partial charge is 0.497 e. The minimum atomic E-state index is -4.32. The van der Waals surface area contributed by atoms with Gasteiger partial charge >= 0.3 is 12.0 Å². The summed E-state index contributed by atoms with van der Waals surface area (Å²) in [6.07, 6.45) is -2.46. The molecule has 1 aromatic carbocycles. The fraction of sp³-hybridized carbons (Fsp3) is 0.650. The Hall–Kier alpha value is -4.75. The summed E-state index contributed by atoms with van der Waals surface area (Å²) >= 11 is 0. The quantitative estimate of drug-likeness (QED) is 0.257. The van der Waals surface area contributed by atoms with E-state index in [-0.39, 0.29) is 36.2 Å². The maximum absolute atomic E-state index is 16.2. The van der Waals surface area contributed by atoms with Crippen LogP contribution in [0.3, 0.4) is 0 Å². The van der Waals surface area contributed by atoms with Gasteiger partial charge in [-0.2, -0.15) is 8.78 Å². The number of halogens is 4. The van der Waals surface area contributed by atoms with E-state index in [2.05, 4.69) is 20.6 Å². The molecule has 15 nitrogen and oxygen atoms in total. The fourth-order valence-corrected chi connectivity index (χ4v) is 9.49. The zero-order valence-electron chi connectivity index (χ0n) is 34.3. The molecule has 2 aliphatic heterocycles. The number of rotatable bonds is 7. The number of sulfonamides is 1. The molecule has 328 valence electrons. The maximum Gasteiger partial charge on any atom is 0.408 e. The molecule has 3 aliphatic carbocycles. The number of methoxy groups -OCH3 is 1. The van der Waals surface area contributed by atoms with Gasteiger partial charge in [0, 0.05) is 17.9 Å². The fourth-order valence-electron chi connectivity index (χ4n) is 8.17. The van der Waals surface area contributed by atoms with Gasteiger partial charge in [-0.25, -0.2) is 32.0 Å². The number of fused-ring (bicyclic) bond motifs is 5. The number of carbonyl (C=O) groups is 4. The molecule has 5 aliphatic rings. The average molecular weight is 867 g/mol. The van der Waals surface area contributed by atoms with Crippen LogP contribution < -0.4 is 24.8 Å². The Kier molecular flexibility index (Phi) is 10.6. The molecule has 4 fully saturated rings. The highest BCUT2D eigenvalue weighted by atomic mass is 32.2. The molecular formula is C40H50F4N6O9S. The number of alkyl halides is 4. The molecule has 3 N–H and O–H groups in total. The van der Waals surface area contributed by atoms with E-state index in [1.807, 2.05) is 4.72 Å². The van der Waals surface area contributed by atoms with Gasteiger partial charge in [-0.15, -0.1) is 0 Å². The number of carbonyl (C=O) groups excluding carboxylic acids is 4. The molecule has 3 saturated carbocycles. The van der Waals surface area contributed by atoms with Crippen molar-refractivity contribution in [2.75, 3.05) is 13.7 Å². The number of allylic oxidation sites excluding steroid dienone is 2. The van der Waals surface area contributed by atoms with Gasteiger partial charge in [-0.3, -0.25) is 19.1 Å². The third-order valence-corrected chi connectivity index (χ3v) is 14.9. The van der Waals surface area contributed by atoms with Crippen LogP contribution in [0.5, 0.6) is 11.6 Å². The summed E-state index contributed by atoms with van der Waals surface area (Å²) in [5, 5.41) is 5.02. The zero-order valence-corrected chi connectivity index (χ0v) is 35.1. The zero-order chi connectivity index (χ0) is 44.0.